The summed E-state index contributed by atoms with van der Waals surface area (Å²) in [7, 11) is 0. The Kier molecular flexibility index (Phi) is 1.75. The summed E-state index contributed by atoms with van der Waals surface area (Å²) in [6.45, 7) is 5.00. The molecule has 1 aliphatic rings. The van der Waals surface area contributed by atoms with E-state index in [-0.39, 0.29) is 6.04 Å². The number of morpholine rings is 1. The maximum absolute atomic E-state index is 9.36. The standard InChI is InChI=1S/C6H13NO2/c1-5-6(2,8)9-4-3-7-5/h5,7-8H,3-4H2,1-2H3. The Bertz CT molecular complexity index is 103. The van der Waals surface area contributed by atoms with Crippen LogP contribution in [0.15, 0.2) is 0 Å². The van der Waals surface area contributed by atoms with Crippen molar-refractivity contribution in [2.75, 3.05) is 13.2 Å². The van der Waals surface area contributed by atoms with Gasteiger partial charge in [0.15, 0.2) is 5.79 Å². The summed E-state index contributed by atoms with van der Waals surface area (Å²) in [4.78, 5) is 0. The minimum Gasteiger partial charge on any atom is -0.364 e. The van der Waals surface area contributed by atoms with E-state index < -0.39 is 5.79 Å². The Labute approximate surface area is 55.0 Å². The predicted molar refractivity (Wildman–Crippen MR) is 34.0 cm³/mol. The van der Waals surface area contributed by atoms with Gasteiger partial charge in [0.2, 0.25) is 0 Å². The van der Waals surface area contributed by atoms with Crippen LogP contribution >= 0.6 is 0 Å². The van der Waals surface area contributed by atoms with Crippen molar-refractivity contribution < 1.29 is 9.84 Å². The predicted octanol–water partition coefficient (Wildman–Crippen LogP) is -0.297. The summed E-state index contributed by atoms with van der Waals surface area (Å²) < 4.78 is 5.07. The van der Waals surface area contributed by atoms with Crippen LogP contribution in [-0.2, 0) is 4.74 Å². The molecule has 3 nitrogen and oxygen atoms in total. The van der Waals surface area contributed by atoms with E-state index in [9.17, 15) is 5.11 Å². The Hall–Kier alpha value is -0.120. The third kappa shape index (κ3) is 1.41. The molecular formula is C6H13NO2. The SMILES string of the molecule is CC1NCCOC1(C)O. The normalized spacial score (nSPS) is 45.0. The lowest BCUT2D eigenvalue weighted by Gasteiger charge is -2.35. The second kappa shape index (κ2) is 2.25. The first-order valence-corrected chi connectivity index (χ1v) is 3.22. The molecule has 2 unspecified atom stereocenters. The molecule has 1 rings (SSSR count). The van der Waals surface area contributed by atoms with Crippen molar-refractivity contribution >= 4 is 0 Å². The lowest BCUT2D eigenvalue weighted by Crippen LogP contribution is -2.54. The van der Waals surface area contributed by atoms with E-state index in [0.29, 0.717) is 6.61 Å². The Balaban J connectivity index is 2.49. The number of ether oxygens (including phenoxy) is 1. The van der Waals surface area contributed by atoms with Crippen LogP contribution in [0.25, 0.3) is 0 Å². The summed E-state index contributed by atoms with van der Waals surface area (Å²) in [6.07, 6.45) is 0. The van der Waals surface area contributed by atoms with Crippen LogP contribution in [0.5, 0.6) is 0 Å². The van der Waals surface area contributed by atoms with Gasteiger partial charge >= 0.3 is 0 Å². The van der Waals surface area contributed by atoms with Gasteiger partial charge in [0.05, 0.1) is 12.6 Å². The van der Waals surface area contributed by atoms with Gasteiger partial charge in [-0.15, -0.1) is 0 Å². The van der Waals surface area contributed by atoms with E-state index in [2.05, 4.69) is 5.32 Å². The van der Waals surface area contributed by atoms with Crippen LogP contribution in [0.4, 0.5) is 0 Å². The summed E-state index contributed by atoms with van der Waals surface area (Å²) in [5.74, 6) is -0.974. The molecule has 0 aromatic carbocycles. The third-order valence-corrected chi connectivity index (χ3v) is 1.75. The molecule has 9 heavy (non-hydrogen) atoms. The highest BCUT2D eigenvalue weighted by Crippen LogP contribution is 2.13. The zero-order chi connectivity index (χ0) is 6.91. The van der Waals surface area contributed by atoms with E-state index in [1.165, 1.54) is 0 Å². The van der Waals surface area contributed by atoms with Crippen LogP contribution in [0, 0.1) is 0 Å². The van der Waals surface area contributed by atoms with Crippen LogP contribution < -0.4 is 5.32 Å². The number of hydrogen-bond acceptors (Lipinski definition) is 3. The number of hydrogen-bond donors (Lipinski definition) is 2. The average molecular weight is 131 g/mol. The molecule has 1 fully saturated rings. The first kappa shape index (κ1) is 6.99. The third-order valence-electron chi connectivity index (χ3n) is 1.75. The molecule has 0 saturated carbocycles. The van der Waals surface area contributed by atoms with E-state index in [4.69, 9.17) is 4.74 Å². The van der Waals surface area contributed by atoms with Gasteiger partial charge in [0, 0.05) is 6.54 Å². The van der Waals surface area contributed by atoms with E-state index >= 15 is 0 Å². The van der Waals surface area contributed by atoms with E-state index in [1.54, 1.807) is 6.92 Å². The molecule has 2 N–H and O–H groups in total. The summed E-state index contributed by atoms with van der Waals surface area (Å²) in [6, 6.07) is 0.0336. The fourth-order valence-electron chi connectivity index (χ4n) is 0.847. The zero-order valence-corrected chi connectivity index (χ0v) is 5.85. The number of aliphatic hydroxyl groups is 1. The fourth-order valence-corrected chi connectivity index (χ4v) is 0.847. The largest absolute Gasteiger partial charge is 0.364 e. The van der Waals surface area contributed by atoms with Gasteiger partial charge < -0.3 is 15.2 Å². The van der Waals surface area contributed by atoms with Crippen molar-refractivity contribution in [2.24, 2.45) is 0 Å². The van der Waals surface area contributed by atoms with Crippen molar-refractivity contribution in [2.45, 2.75) is 25.7 Å². The van der Waals surface area contributed by atoms with Crippen LogP contribution in [0.1, 0.15) is 13.8 Å². The Morgan fingerprint density at radius 3 is 2.78 bits per heavy atom. The first-order chi connectivity index (χ1) is 4.13. The molecule has 0 aromatic heterocycles. The van der Waals surface area contributed by atoms with Gasteiger partial charge in [-0.25, -0.2) is 0 Å². The van der Waals surface area contributed by atoms with Gasteiger partial charge in [0.25, 0.3) is 0 Å². The second-order valence-electron chi connectivity index (χ2n) is 2.58. The van der Waals surface area contributed by atoms with E-state index in [1.807, 2.05) is 6.92 Å². The van der Waals surface area contributed by atoms with Gasteiger partial charge in [-0.2, -0.15) is 0 Å². The minimum absolute atomic E-state index is 0.0336. The first-order valence-electron chi connectivity index (χ1n) is 3.22. The lowest BCUT2D eigenvalue weighted by molar-refractivity contribution is -0.222. The van der Waals surface area contributed by atoms with Crippen LogP contribution in [0.3, 0.4) is 0 Å². The molecule has 3 heteroatoms. The molecule has 2 atom stereocenters. The molecular weight excluding hydrogens is 118 g/mol. The molecule has 54 valence electrons. The molecule has 1 heterocycles. The van der Waals surface area contributed by atoms with Crippen LogP contribution in [-0.4, -0.2) is 30.1 Å². The Morgan fingerprint density at radius 2 is 2.44 bits per heavy atom. The molecule has 0 aliphatic carbocycles. The van der Waals surface area contributed by atoms with Crippen LogP contribution in [0.2, 0.25) is 0 Å². The molecule has 0 spiro atoms. The quantitative estimate of drug-likeness (QED) is 0.474. The highest BCUT2D eigenvalue weighted by molar-refractivity contribution is 4.78. The topological polar surface area (TPSA) is 41.5 Å². The molecule has 0 amide bonds. The van der Waals surface area contributed by atoms with E-state index in [0.717, 1.165) is 6.54 Å². The van der Waals surface area contributed by atoms with Gasteiger partial charge in [-0.05, 0) is 13.8 Å². The molecule has 1 saturated heterocycles. The number of nitrogens with one attached hydrogen (secondary N) is 1. The van der Waals surface area contributed by atoms with Crippen molar-refractivity contribution in [1.29, 1.82) is 0 Å². The Morgan fingerprint density at radius 1 is 1.78 bits per heavy atom. The fraction of sp³-hybridized carbons (Fsp3) is 1.00. The highest BCUT2D eigenvalue weighted by Gasteiger charge is 2.31. The van der Waals surface area contributed by atoms with Crippen molar-refractivity contribution in [3.05, 3.63) is 0 Å². The van der Waals surface area contributed by atoms with Crippen molar-refractivity contribution in [3.8, 4) is 0 Å². The minimum atomic E-state index is -0.974. The molecule has 0 bridgehead atoms. The van der Waals surface area contributed by atoms with Crippen molar-refractivity contribution in [1.82, 2.24) is 5.32 Å². The molecule has 0 radical (unpaired) electrons. The number of rotatable bonds is 0. The maximum Gasteiger partial charge on any atom is 0.177 e. The lowest BCUT2D eigenvalue weighted by atomic mass is 10.1. The summed E-state index contributed by atoms with van der Waals surface area (Å²) in [5, 5.41) is 12.5. The monoisotopic (exact) mass is 131 g/mol. The highest BCUT2D eigenvalue weighted by atomic mass is 16.6. The summed E-state index contributed by atoms with van der Waals surface area (Å²) >= 11 is 0. The zero-order valence-electron chi connectivity index (χ0n) is 5.85. The summed E-state index contributed by atoms with van der Waals surface area (Å²) in [5.41, 5.74) is 0. The van der Waals surface area contributed by atoms with Gasteiger partial charge in [-0.3, -0.25) is 0 Å². The smallest absolute Gasteiger partial charge is 0.177 e. The average Bonchev–Trinajstić information content (AvgIpc) is 1.77. The van der Waals surface area contributed by atoms with Gasteiger partial charge in [-0.1, -0.05) is 0 Å². The van der Waals surface area contributed by atoms with Crippen molar-refractivity contribution in [3.63, 3.8) is 0 Å². The molecule has 1 aliphatic heterocycles. The van der Waals surface area contributed by atoms with Gasteiger partial charge in [0.1, 0.15) is 0 Å². The second-order valence-corrected chi connectivity index (χ2v) is 2.58. The molecule has 0 aromatic rings. The maximum atomic E-state index is 9.36.